The van der Waals surface area contributed by atoms with Crippen LogP contribution in [0.5, 0.6) is 0 Å². The van der Waals surface area contributed by atoms with Crippen molar-refractivity contribution in [2.75, 3.05) is 0 Å². The Morgan fingerprint density at radius 3 is 2.83 bits per heavy atom. The van der Waals surface area contributed by atoms with E-state index in [4.69, 9.17) is 4.98 Å². The lowest BCUT2D eigenvalue weighted by Gasteiger charge is -2.07. The molecule has 5 rings (SSSR count). The van der Waals surface area contributed by atoms with Crippen LogP contribution in [0.25, 0.3) is 42.8 Å². The second kappa shape index (κ2) is 6.90. The standard InChI is InChI=1S/C22H16N6OS/c1-3-16-19-13(22(29)27-26-16)8-9-17(25-19)15-11-24-28(2)20(15)21-14(10-23)12-6-4-5-7-18(12)30-21/h4-9,11H,3H2,1-2H3,(H,27,29). The number of rotatable bonds is 3. The molecular formula is C22H16N6OS. The Morgan fingerprint density at radius 1 is 1.20 bits per heavy atom. The van der Waals surface area contributed by atoms with E-state index < -0.39 is 0 Å². The number of benzene rings is 1. The first-order valence-corrected chi connectivity index (χ1v) is 10.3. The summed E-state index contributed by atoms with van der Waals surface area (Å²) in [6, 6.07) is 13.8. The Balaban J connectivity index is 1.79. The lowest BCUT2D eigenvalue weighted by atomic mass is 10.1. The van der Waals surface area contributed by atoms with Gasteiger partial charge in [0.15, 0.2) is 0 Å². The van der Waals surface area contributed by atoms with Crippen molar-refractivity contribution in [2.24, 2.45) is 7.05 Å². The van der Waals surface area contributed by atoms with Crippen LogP contribution >= 0.6 is 11.3 Å². The van der Waals surface area contributed by atoms with E-state index >= 15 is 0 Å². The molecule has 0 aliphatic carbocycles. The first-order chi connectivity index (χ1) is 14.6. The van der Waals surface area contributed by atoms with Crippen LogP contribution in [0.2, 0.25) is 0 Å². The molecule has 1 N–H and O–H groups in total. The van der Waals surface area contributed by atoms with E-state index in [0.717, 1.165) is 31.9 Å². The molecule has 0 aliphatic heterocycles. The maximum Gasteiger partial charge on any atom is 0.273 e. The summed E-state index contributed by atoms with van der Waals surface area (Å²) in [5, 5.41) is 22.4. The number of nitrogens with zero attached hydrogens (tertiary/aromatic N) is 5. The number of H-pyrrole nitrogens is 1. The molecule has 0 atom stereocenters. The van der Waals surface area contributed by atoms with Crippen molar-refractivity contribution in [1.29, 1.82) is 5.26 Å². The summed E-state index contributed by atoms with van der Waals surface area (Å²) >= 11 is 1.56. The van der Waals surface area contributed by atoms with Crippen LogP contribution in [0, 0.1) is 11.3 Å². The van der Waals surface area contributed by atoms with E-state index in [1.807, 2.05) is 44.3 Å². The molecule has 0 saturated heterocycles. The summed E-state index contributed by atoms with van der Waals surface area (Å²) in [4.78, 5) is 17.8. The van der Waals surface area contributed by atoms with Crippen molar-refractivity contribution in [1.82, 2.24) is 25.0 Å². The predicted octanol–water partition coefficient (Wildman–Crippen LogP) is 4.03. The van der Waals surface area contributed by atoms with Crippen molar-refractivity contribution in [3.8, 4) is 27.9 Å². The molecule has 1 aromatic carbocycles. The number of thiophene rings is 1. The number of pyridine rings is 1. The average Bonchev–Trinajstić information content (AvgIpc) is 3.33. The summed E-state index contributed by atoms with van der Waals surface area (Å²) < 4.78 is 2.82. The minimum absolute atomic E-state index is 0.260. The van der Waals surface area contributed by atoms with E-state index in [1.54, 1.807) is 28.3 Å². The van der Waals surface area contributed by atoms with Crippen molar-refractivity contribution < 1.29 is 0 Å². The largest absolute Gasteiger partial charge is 0.273 e. The quantitative estimate of drug-likeness (QED) is 0.482. The van der Waals surface area contributed by atoms with Gasteiger partial charge in [0, 0.05) is 22.7 Å². The molecule has 0 aliphatic rings. The molecule has 4 heterocycles. The van der Waals surface area contributed by atoms with Crippen molar-refractivity contribution >= 4 is 32.3 Å². The van der Waals surface area contributed by atoms with Crippen LogP contribution in [0.1, 0.15) is 18.2 Å². The number of hydrogen-bond acceptors (Lipinski definition) is 6. The van der Waals surface area contributed by atoms with Crippen molar-refractivity contribution in [3.05, 3.63) is 64.2 Å². The molecule has 0 bridgehead atoms. The van der Waals surface area contributed by atoms with Gasteiger partial charge in [-0.05, 0) is 24.6 Å². The maximum atomic E-state index is 12.2. The normalized spacial score (nSPS) is 11.2. The number of aromatic nitrogens is 5. The van der Waals surface area contributed by atoms with Gasteiger partial charge in [0.25, 0.3) is 5.56 Å². The highest BCUT2D eigenvalue weighted by atomic mass is 32.1. The molecule has 4 aromatic heterocycles. The van der Waals surface area contributed by atoms with Crippen molar-refractivity contribution in [2.45, 2.75) is 13.3 Å². The van der Waals surface area contributed by atoms with E-state index in [0.29, 0.717) is 28.6 Å². The van der Waals surface area contributed by atoms with Gasteiger partial charge in [0.2, 0.25) is 0 Å². The topological polar surface area (TPSA) is 100 Å². The number of nitriles is 1. The first-order valence-electron chi connectivity index (χ1n) is 9.45. The zero-order chi connectivity index (χ0) is 20.8. The number of aryl methyl sites for hydroxylation is 2. The van der Waals surface area contributed by atoms with Crippen LogP contribution in [-0.4, -0.2) is 25.0 Å². The lowest BCUT2D eigenvalue weighted by Crippen LogP contribution is -2.11. The second-order valence-electron chi connectivity index (χ2n) is 6.89. The molecule has 0 spiro atoms. The van der Waals surface area contributed by atoms with E-state index in [1.165, 1.54) is 0 Å². The number of nitrogens with one attached hydrogen (secondary N) is 1. The molecule has 8 heteroatoms. The van der Waals surface area contributed by atoms with Gasteiger partial charge in [0.1, 0.15) is 6.07 Å². The minimum atomic E-state index is -0.260. The van der Waals surface area contributed by atoms with E-state index in [2.05, 4.69) is 21.4 Å². The Kier molecular flexibility index (Phi) is 4.19. The summed E-state index contributed by atoms with van der Waals surface area (Å²) in [6.07, 6.45) is 2.40. The third-order valence-corrected chi connectivity index (χ3v) is 6.36. The van der Waals surface area contributed by atoms with Crippen molar-refractivity contribution in [3.63, 3.8) is 0 Å². The van der Waals surface area contributed by atoms with Crippen LogP contribution in [0.3, 0.4) is 0 Å². The van der Waals surface area contributed by atoms with Crippen LogP contribution in [0.4, 0.5) is 0 Å². The molecule has 5 aromatic rings. The van der Waals surface area contributed by atoms with Crippen LogP contribution in [-0.2, 0) is 13.5 Å². The van der Waals surface area contributed by atoms with Crippen LogP contribution < -0.4 is 5.56 Å². The Labute approximate surface area is 175 Å². The Bertz CT molecular complexity index is 1540. The molecule has 0 fully saturated rings. The SMILES string of the molecule is CCc1n[nH]c(=O)c2ccc(-c3cnn(C)c3-c3sc4ccccc4c3C#N)nc12. The maximum absolute atomic E-state index is 12.2. The van der Waals surface area contributed by atoms with E-state index in [9.17, 15) is 10.1 Å². The lowest BCUT2D eigenvalue weighted by molar-refractivity contribution is 0.777. The summed E-state index contributed by atoms with van der Waals surface area (Å²) in [7, 11) is 1.86. The molecular weight excluding hydrogens is 396 g/mol. The highest BCUT2D eigenvalue weighted by molar-refractivity contribution is 7.22. The summed E-state index contributed by atoms with van der Waals surface area (Å²) in [5.41, 5.74) is 4.02. The van der Waals surface area contributed by atoms with Gasteiger partial charge in [-0.2, -0.15) is 15.5 Å². The predicted molar refractivity (Wildman–Crippen MR) is 117 cm³/mol. The molecule has 0 amide bonds. The first kappa shape index (κ1) is 18.2. The minimum Gasteiger partial charge on any atom is -0.267 e. The van der Waals surface area contributed by atoms with Gasteiger partial charge >= 0.3 is 0 Å². The second-order valence-corrected chi connectivity index (χ2v) is 7.94. The molecule has 0 unspecified atom stereocenters. The summed E-state index contributed by atoms with van der Waals surface area (Å²) in [5.74, 6) is 0. The van der Waals surface area contributed by atoms with Gasteiger partial charge < -0.3 is 0 Å². The average molecular weight is 412 g/mol. The highest BCUT2D eigenvalue weighted by Gasteiger charge is 2.22. The third-order valence-electron chi connectivity index (χ3n) is 5.18. The number of fused-ring (bicyclic) bond motifs is 2. The molecule has 0 radical (unpaired) electrons. The van der Waals surface area contributed by atoms with Crippen LogP contribution in [0.15, 0.2) is 47.4 Å². The fourth-order valence-corrected chi connectivity index (χ4v) is 4.95. The molecule has 30 heavy (non-hydrogen) atoms. The fourth-order valence-electron chi connectivity index (χ4n) is 3.71. The van der Waals surface area contributed by atoms with Gasteiger partial charge in [-0.15, -0.1) is 11.3 Å². The zero-order valence-corrected chi connectivity index (χ0v) is 17.1. The van der Waals surface area contributed by atoms with Gasteiger partial charge in [-0.3, -0.25) is 9.48 Å². The fraction of sp³-hybridized carbons (Fsp3) is 0.136. The molecule has 0 saturated carbocycles. The number of aromatic amines is 1. The van der Waals surface area contributed by atoms with Gasteiger partial charge in [-0.1, -0.05) is 25.1 Å². The number of hydrogen-bond donors (Lipinski definition) is 1. The van der Waals surface area contributed by atoms with E-state index in [-0.39, 0.29) is 5.56 Å². The monoisotopic (exact) mass is 412 g/mol. The zero-order valence-electron chi connectivity index (χ0n) is 16.3. The third kappa shape index (κ3) is 2.64. The Morgan fingerprint density at radius 2 is 2.03 bits per heavy atom. The van der Waals surface area contributed by atoms with Gasteiger partial charge in [0.05, 0.1) is 44.6 Å². The highest BCUT2D eigenvalue weighted by Crippen LogP contribution is 2.41. The molecule has 7 nitrogen and oxygen atoms in total. The Hall–Kier alpha value is -3.83. The summed E-state index contributed by atoms with van der Waals surface area (Å²) in [6.45, 7) is 1.97. The molecule has 146 valence electrons. The smallest absolute Gasteiger partial charge is 0.267 e. The van der Waals surface area contributed by atoms with Gasteiger partial charge in [-0.25, -0.2) is 10.1 Å².